The summed E-state index contributed by atoms with van der Waals surface area (Å²) in [4.78, 5) is 26.3. The Bertz CT molecular complexity index is 990. The summed E-state index contributed by atoms with van der Waals surface area (Å²) in [5.74, 6) is -0.408. The van der Waals surface area contributed by atoms with E-state index in [1.165, 1.54) is 11.0 Å². The van der Waals surface area contributed by atoms with Gasteiger partial charge in [0, 0.05) is 11.1 Å². The number of ether oxygens (including phenoxy) is 1. The summed E-state index contributed by atoms with van der Waals surface area (Å²) >= 11 is 0. The Labute approximate surface area is 157 Å². The van der Waals surface area contributed by atoms with Crippen LogP contribution in [0.15, 0.2) is 52.3 Å². The van der Waals surface area contributed by atoms with Crippen LogP contribution >= 0.6 is 0 Å². The lowest BCUT2D eigenvalue weighted by Crippen LogP contribution is -2.43. The molecule has 0 N–H and O–H groups in total. The summed E-state index contributed by atoms with van der Waals surface area (Å²) < 4.78 is 34.0. The molecule has 0 saturated heterocycles. The van der Waals surface area contributed by atoms with Crippen molar-refractivity contribution >= 4 is 27.4 Å². The zero-order chi connectivity index (χ0) is 19.6. The molecule has 1 aliphatic rings. The molecule has 1 aromatic carbocycles. The molecule has 2 aromatic rings. The van der Waals surface area contributed by atoms with Gasteiger partial charge < -0.3 is 14.1 Å². The molecular weight excluding hydrogens is 370 g/mol. The third-order valence-corrected chi connectivity index (χ3v) is 5.51. The average Bonchev–Trinajstić information content (AvgIpc) is 3.15. The van der Waals surface area contributed by atoms with E-state index in [-0.39, 0.29) is 11.3 Å². The molecule has 8 heteroatoms. The number of aryl methyl sites for hydroxylation is 2. The Balaban J connectivity index is 1.77. The van der Waals surface area contributed by atoms with E-state index >= 15 is 0 Å². The molecule has 7 nitrogen and oxygen atoms in total. The zero-order valence-electron chi connectivity index (χ0n) is 14.9. The maximum absolute atomic E-state index is 12.8. The fourth-order valence-electron chi connectivity index (χ4n) is 2.94. The van der Waals surface area contributed by atoms with Gasteiger partial charge >= 0.3 is 5.97 Å². The second-order valence-electron chi connectivity index (χ2n) is 6.23. The number of amides is 1. The first-order chi connectivity index (χ1) is 12.8. The number of para-hydroxylation sites is 1. The van der Waals surface area contributed by atoms with Crippen molar-refractivity contribution < 1.29 is 27.2 Å². The van der Waals surface area contributed by atoms with Crippen LogP contribution in [0.25, 0.3) is 0 Å². The van der Waals surface area contributed by atoms with Crippen molar-refractivity contribution in [3.63, 3.8) is 0 Å². The Kier molecular flexibility index (Phi) is 5.18. The number of hydrogen-bond acceptors (Lipinski definition) is 6. The standard InChI is InChI=1S/C19H19NO6S/c1-13-10-17(14(2)26-13)19(22)25-11-18(21)20(15-6-4-3-5-7-15)16-8-9-27(23,24)12-16/h3-10,16H,11-12H2,1-2H3/t16-/m0/s1. The van der Waals surface area contributed by atoms with Crippen LogP contribution in [0.5, 0.6) is 0 Å². The summed E-state index contributed by atoms with van der Waals surface area (Å²) in [5, 5.41) is 1.10. The number of hydrogen-bond donors (Lipinski definition) is 0. The molecular formula is C19H19NO6S. The molecule has 0 spiro atoms. The number of benzene rings is 1. The maximum Gasteiger partial charge on any atom is 0.342 e. The minimum absolute atomic E-state index is 0.207. The van der Waals surface area contributed by atoms with Gasteiger partial charge in [-0.3, -0.25) is 4.79 Å². The van der Waals surface area contributed by atoms with Crippen LogP contribution in [-0.2, 0) is 19.4 Å². The molecule has 0 aliphatic carbocycles. The molecule has 1 atom stereocenters. The number of anilines is 1. The SMILES string of the molecule is Cc1cc(C(=O)OCC(=O)N(c2ccccc2)[C@H]2C=CS(=O)(=O)C2)c(C)o1. The van der Waals surface area contributed by atoms with Crippen LogP contribution in [0.4, 0.5) is 5.69 Å². The van der Waals surface area contributed by atoms with Crippen molar-refractivity contribution in [3.8, 4) is 0 Å². The third-order valence-electron chi connectivity index (χ3n) is 4.13. The minimum atomic E-state index is -3.35. The first kappa shape index (κ1) is 18.9. The molecule has 1 amide bonds. The van der Waals surface area contributed by atoms with Gasteiger partial charge in [-0.2, -0.15) is 0 Å². The summed E-state index contributed by atoms with van der Waals surface area (Å²) in [7, 11) is -3.35. The van der Waals surface area contributed by atoms with E-state index in [0.717, 1.165) is 5.41 Å². The van der Waals surface area contributed by atoms with E-state index in [1.54, 1.807) is 50.2 Å². The monoisotopic (exact) mass is 389 g/mol. The maximum atomic E-state index is 12.8. The van der Waals surface area contributed by atoms with E-state index in [0.29, 0.717) is 17.2 Å². The summed E-state index contributed by atoms with van der Waals surface area (Å²) in [5.41, 5.74) is 0.788. The van der Waals surface area contributed by atoms with Gasteiger partial charge in [-0.05, 0) is 38.1 Å². The number of rotatable bonds is 5. The normalized spacial score (nSPS) is 17.6. The van der Waals surface area contributed by atoms with Crippen LogP contribution in [0.1, 0.15) is 21.9 Å². The van der Waals surface area contributed by atoms with Crippen molar-refractivity contribution in [2.45, 2.75) is 19.9 Å². The van der Waals surface area contributed by atoms with Crippen molar-refractivity contribution in [1.29, 1.82) is 0 Å². The van der Waals surface area contributed by atoms with E-state index in [1.807, 2.05) is 0 Å². The number of sulfone groups is 1. The van der Waals surface area contributed by atoms with Crippen molar-refractivity contribution in [2.75, 3.05) is 17.3 Å². The smallest absolute Gasteiger partial charge is 0.342 e. The molecule has 142 valence electrons. The van der Waals surface area contributed by atoms with E-state index in [9.17, 15) is 18.0 Å². The molecule has 2 heterocycles. The molecule has 0 fully saturated rings. The number of carbonyl (C=O) groups is 2. The summed E-state index contributed by atoms with van der Waals surface area (Å²) in [6.07, 6.45) is 1.46. The number of nitrogens with zero attached hydrogens (tertiary/aromatic N) is 1. The van der Waals surface area contributed by atoms with Gasteiger partial charge in [-0.25, -0.2) is 13.2 Å². The van der Waals surface area contributed by atoms with Crippen LogP contribution in [0.2, 0.25) is 0 Å². The topological polar surface area (TPSA) is 93.9 Å². The predicted molar refractivity (Wildman–Crippen MR) is 99.1 cm³/mol. The molecule has 1 aromatic heterocycles. The van der Waals surface area contributed by atoms with Crippen LogP contribution in [-0.4, -0.2) is 38.7 Å². The predicted octanol–water partition coefficient (Wildman–Crippen LogP) is 2.40. The summed E-state index contributed by atoms with van der Waals surface area (Å²) in [6, 6.07) is 9.56. The fraction of sp³-hybridized carbons (Fsp3) is 0.263. The van der Waals surface area contributed by atoms with Crippen LogP contribution < -0.4 is 4.90 Å². The molecule has 0 radical (unpaired) electrons. The molecule has 27 heavy (non-hydrogen) atoms. The van der Waals surface area contributed by atoms with Crippen molar-refractivity contribution in [1.82, 2.24) is 0 Å². The van der Waals surface area contributed by atoms with Gasteiger partial charge in [-0.1, -0.05) is 18.2 Å². The van der Waals surface area contributed by atoms with Gasteiger partial charge in [-0.15, -0.1) is 0 Å². The number of carbonyl (C=O) groups excluding carboxylic acids is 2. The first-order valence-electron chi connectivity index (χ1n) is 8.29. The first-order valence-corrected chi connectivity index (χ1v) is 10.0. The van der Waals surface area contributed by atoms with Gasteiger partial charge in [0.15, 0.2) is 16.4 Å². The zero-order valence-corrected chi connectivity index (χ0v) is 15.7. The molecule has 3 rings (SSSR count). The third kappa shape index (κ3) is 4.28. The highest BCUT2D eigenvalue weighted by Crippen LogP contribution is 2.23. The van der Waals surface area contributed by atoms with Crippen LogP contribution in [0, 0.1) is 13.8 Å². The lowest BCUT2D eigenvalue weighted by atomic mass is 10.2. The molecule has 0 unspecified atom stereocenters. The fourth-order valence-corrected chi connectivity index (χ4v) is 4.21. The van der Waals surface area contributed by atoms with Crippen molar-refractivity contribution in [2.24, 2.45) is 0 Å². The van der Waals surface area contributed by atoms with Gasteiger partial charge in [0.05, 0.1) is 11.8 Å². The lowest BCUT2D eigenvalue weighted by molar-refractivity contribution is -0.121. The Hall–Kier alpha value is -2.87. The Morgan fingerprint density at radius 3 is 2.48 bits per heavy atom. The van der Waals surface area contributed by atoms with E-state index in [2.05, 4.69) is 0 Å². The number of furan rings is 1. The Morgan fingerprint density at radius 2 is 1.93 bits per heavy atom. The minimum Gasteiger partial charge on any atom is -0.466 e. The Morgan fingerprint density at radius 1 is 1.22 bits per heavy atom. The average molecular weight is 389 g/mol. The highest BCUT2D eigenvalue weighted by Gasteiger charge is 2.32. The molecule has 0 saturated carbocycles. The van der Waals surface area contributed by atoms with Gasteiger partial charge in [0.25, 0.3) is 5.91 Å². The van der Waals surface area contributed by atoms with E-state index in [4.69, 9.17) is 9.15 Å². The molecule has 0 bridgehead atoms. The van der Waals surface area contributed by atoms with Crippen molar-refractivity contribution in [3.05, 3.63) is 65.0 Å². The largest absolute Gasteiger partial charge is 0.466 e. The van der Waals surface area contributed by atoms with Gasteiger partial charge in [0.2, 0.25) is 0 Å². The lowest BCUT2D eigenvalue weighted by Gasteiger charge is -2.27. The van der Waals surface area contributed by atoms with E-state index < -0.39 is 34.4 Å². The molecule has 1 aliphatic heterocycles. The summed E-state index contributed by atoms with van der Waals surface area (Å²) in [6.45, 7) is 2.83. The number of esters is 1. The highest BCUT2D eigenvalue weighted by molar-refractivity contribution is 7.94. The quantitative estimate of drug-likeness (QED) is 0.729. The van der Waals surface area contributed by atoms with Gasteiger partial charge in [0.1, 0.15) is 17.1 Å². The second-order valence-corrected chi connectivity index (χ2v) is 8.16. The highest BCUT2D eigenvalue weighted by atomic mass is 32.2. The second kappa shape index (κ2) is 7.40. The van der Waals surface area contributed by atoms with Crippen LogP contribution in [0.3, 0.4) is 0 Å².